The lowest BCUT2D eigenvalue weighted by molar-refractivity contribution is 1.49. The van der Waals surface area contributed by atoms with Gasteiger partial charge in [-0.25, -0.2) is 4.98 Å². The van der Waals surface area contributed by atoms with Crippen molar-refractivity contribution < 1.29 is 0 Å². The molecule has 3 aromatic rings. The second kappa shape index (κ2) is 4.73. The summed E-state index contributed by atoms with van der Waals surface area (Å²) in [5.41, 5.74) is 9.09. The Bertz CT molecular complexity index is 634. The molecule has 4 heteroatoms. The first-order chi connectivity index (χ1) is 7.83. The zero-order valence-corrected chi connectivity index (χ0v) is 10.6. The third kappa shape index (κ3) is 2.25. The molecule has 0 saturated carbocycles. The third-order valence-electron chi connectivity index (χ3n) is 2.51. The SMILES string of the molecule is Cl.Nc1nc2ccc(-c3ccccc3)cc2s1. The molecule has 0 saturated heterocycles. The van der Waals surface area contributed by atoms with E-state index in [-0.39, 0.29) is 12.4 Å². The Balaban J connectivity index is 0.00000108. The summed E-state index contributed by atoms with van der Waals surface area (Å²) < 4.78 is 1.14. The molecule has 1 heterocycles. The molecule has 2 aromatic carbocycles. The number of nitrogens with two attached hydrogens (primary N) is 1. The number of hydrogen-bond donors (Lipinski definition) is 1. The Kier molecular flexibility index (Phi) is 3.31. The Morgan fingerprint density at radius 3 is 2.47 bits per heavy atom. The first-order valence-corrected chi connectivity index (χ1v) is 5.86. The van der Waals surface area contributed by atoms with E-state index >= 15 is 0 Å². The average Bonchev–Trinajstić information content (AvgIpc) is 2.69. The summed E-state index contributed by atoms with van der Waals surface area (Å²) in [6, 6.07) is 16.5. The lowest BCUT2D eigenvalue weighted by Crippen LogP contribution is -1.79. The molecular formula is C13H11ClN2S. The summed E-state index contributed by atoms with van der Waals surface area (Å²) in [5, 5.41) is 0.625. The number of nitrogens with zero attached hydrogens (tertiary/aromatic N) is 1. The van der Waals surface area contributed by atoms with Crippen molar-refractivity contribution in [2.75, 3.05) is 5.73 Å². The molecule has 0 amide bonds. The van der Waals surface area contributed by atoms with Crippen LogP contribution in [-0.2, 0) is 0 Å². The minimum Gasteiger partial charge on any atom is -0.375 e. The monoisotopic (exact) mass is 262 g/mol. The normalized spacial score (nSPS) is 10.1. The van der Waals surface area contributed by atoms with E-state index in [9.17, 15) is 0 Å². The van der Waals surface area contributed by atoms with E-state index in [1.807, 2.05) is 24.3 Å². The van der Waals surface area contributed by atoms with Gasteiger partial charge in [-0.05, 0) is 23.3 Å². The van der Waals surface area contributed by atoms with Crippen LogP contribution in [0.4, 0.5) is 5.13 Å². The van der Waals surface area contributed by atoms with Gasteiger partial charge in [0.25, 0.3) is 0 Å². The van der Waals surface area contributed by atoms with Crippen LogP contribution in [0, 0.1) is 0 Å². The largest absolute Gasteiger partial charge is 0.375 e. The Morgan fingerprint density at radius 2 is 1.71 bits per heavy atom. The van der Waals surface area contributed by atoms with Crippen molar-refractivity contribution in [2.45, 2.75) is 0 Å². The first kappa shape index (κ1) is 11.9. The number of fused-ring (bicyclic) bond motifs is 1. The molecule has 2 nitrogen and oxygen atoms in total. The van der Waals surface area contributed by atoms with Gasteiger partial charge in [0.1, 0.15) is 0 Å². The van der Waals surface area contributed by atoms with Crippen LogP contribution < -0.4 is 5.73 Å². The van der Waals surface area contributed by atoms with Crippen LogP contribution in [0.2, 0.25) is 0 Å². The zero-order valence-electron chi connectivity index (χ0n) is 8.96. The summed E-state index contributed by atoms with van der Waals surface area (Å²) in [6.07, 6.45) is 0. The highest BCUT2D eigenvalue weighted by atomic mass is 35.5. The quantitative estimate of drug-likeness (QED) is 0.721. The molecule has 0 unspecified atom stereocenters. The molecule has 0 aliphatic carbocycles. The van der Waals surface area contributed by atoms with Gasteiger partial charge in [-0.1, -0.05) is 47.7 Å². The standard InChI is InChI=1S/C13H10N2S.ClH/c14-13-15-11-7-6-10(8-12(11)16-13)9-4-2-1-3-5-9;/h1-8H,(H2,14,15);1H. The van der Waals surface area contributed by atoms with E-state index in [1.54, 1.807) is 0 Å². The summed E-state index contributed by atoms with van der Waals surface area (Å²) in [7, 11) is 0. The van der Waals surface area contributed by atoms with E-state index < -0.39 is 0 Å². The maximum atomic E-state index is 5.69. The van der Waals surface area contributed by atoms with Crippen molar-refractivity contribution in [3.8, 4) is 11.1 Å². The fourth-order valence-electron chi connectivity index (χ4n) is 1.75. The highest BCUT2D eigenvalue weighted by Crippen LogP contribution is 2.28. The van der Waals surface area contributed by atoms with Crippen molar-refractivity contribution in [1.82, 2.24) is 4.98 Å². The molecule has 17 heavy (non-hydrogen) atoms. The molecule has 2 N–H and O–H groups in total. The van der Waals surface area contributed by atoms with Crippen LogP contribution in [0.15, 0.2) is 48.5 Å². The van der Waals surface area contributed by atoms with E-state index in [0.717, 1.165) is 10.2 Å². The number of aromatic nitrogens is 1. The third-order valence-corrected chi connectivity index (χ3v) is 3.36. The average molecular weight is 263 g/mol. The van der Waals surface area contributed by atoms with E-state index in [1.165, 1.54) is 22.5 Å². The van der Waals surface area contributed by atoms with Crippen molar-refractivity contribution in [1.29, 1.82) is 0 Å². The van der Waals surface area contributed by atoms with Crippen molar-refractivity contribution in [3.05, 3.63) is 48.5 Å². The molecule has 1 aromatic heterocycles. The molecule has 0 bridgehead atoms. The van der Waals surface area contributed by atoms with Gasteiger partial charge in [0, 0.05) is 0 Å². The topological polar surface area (TPSA) is 38.9 Å². The zero-order chi connectivity index (χ0) is 11.0. The van der Waals surface area contributed by atoms with Crippen molar-refractivity contribution in [3.63, 3.8) is 0 Å². The maximum Gasteiger partial charge on any atom is 0.181 e. The van der Waals surface area contributed by atoms with Crippen LogP contribution in [0.3, 0.4) is 0 Å². The second-order valence-electron chi connectivity index (χ2n) is 3.60. The number of anilines is 1. The number of benzene rings is 2. The van der Waals surface area contributed by atoms with Crippen molar-refractivity contribution in [2.24, 2.45) is 0 Å². The Morgan fingerprint density at radius 1 is 0.941 bits per heavy atom. The van der Waals surface area contributed by atoms with Crippen LogP contribution in [0.5, 0.6) is 0 Å². The van der Waals surface area contributed by atoms with Gasteiger partial charge >= 0.3 is 0 Å². The van der Waals surface area contributed by atoms with Gasteiger partial charge < -0.3 is 5.73 Å². The minimum atomic E-state index is 0. The minimum absolute atomic E-state index is 0. The highest BCUT2D eigenvalue weighted by Gasteiger charge is 2.03. The fourth-order valence-corrected chi connectivity index (χ4v) is 2.53. The van der Waals surface area contributed by atoms with Gasteiger partial charge in [-0.15, -0.1) is 12.4 Å². The maximum absolute atomic E-state index is 5.69. The molecule has 3 rings (SSSR count). The van der Waals surface area contributed by atoms with Gasteiger partial charge in [0.2, 0.25) is 0 Å². The number of thiazole rings is 1. The van der Waals surface area contributed by atoms with Gasteiger partial charge in [0.05, 0.1) is 10.2 Å². The smallest absolute Gasteiger partial charge is 0.181 e. The summed E-state index contributed by atoms with van der Waals surface area (Å²) in [4.78, 5) is 4.24. The van der Waals surface area contributed by atoms with E-state index in [0.29, 0.717) is 5.13 Å². The lowest BCUT2D eigenvalue weighted by Gasteiger charge is -2.00. The van der Waals surface area contributed by atoms with E-state index in [4.69, 9.17) is 5.73 Å². The summed E-state index contributed by atoms with van der Waals surface area (Å²) >= 11 is 1.53. The second-order valence-corrected chi connectivity index (χ2v) is 4.66. The van der Waals surface area contributed by atoms with Crippen LogP contribution >= 0.6 is 23.7 Å². The predicted octanol–water partition coefficient (Wildman–Crippen LogP) is 3.97. The summed E-state index contributed by atoms with van der Waals surface area (Å²) in [5.74, 6) is 0. The fraction of sp³-hybridized carbons (Fsp3) is 0. The van der Waals surface area contributed by atoms with Gasteiger partial charge in [-0.2, -0.15) is 0 Å². The van der Waals surface area contributed by atoms with Crippen molar-refractivity contribution >= 4 is 39.1 Å². The van der Waals surface area contributed by atoms with Gasteiger partial charge in [0.15, 0.2) is 5.13 Å². The molecular weight excluding hydrogens is 252 g/mol. The number of halogens is 1. The van der Waals surface area contributed by atoms with Crippen LogP contribution in [0.1, 0.15) is 0 Å². The molecule has 0 spiro atoms. The molecule has 0 aliphatic rings. The Labute approximate surface area is 110 Å². The number of nitrogen functional groups attached to an aromatic ring is 1. The molecule has 0 fully saturated rings. The molecule has 0 radical (unpaired) electrons. The van der Waals surface area contributed by atoms with Crippen LogP contribution in [-0.4, -0.2) is 4.98 Å². The number of rotatable bonds is 1. The molecule has 0 aliphatic heterocycles. The highest BCUT2D eigenvalue weighted by molar-refractivity contribution is 7.22. The Hall–Kier alpha value is -1.58. The van der Waals surface area contributed by atoms with Gasteiger partial charge in [-0.3, -0.25) is 0 Å². The molecule has 86 valence electrons. The van der Waals surface area contributed by atoms with E-state index in [2.05, 4.69) is 29.2 Å². The predicted molar refractivity (Wildman–Crippen MR) is 76.7 cm³/mol. The lowest BCUT2D eigenvalue weighted by atomic mass is 10.1. The summed E-state index contributed by atoms with van der Waals surface area (Å²) in [6.45, 7) is 0. The van der Waals surface area contributed by atoms with Crippen LogP contribution in [0.25, 0.3) is 21.3 Å². The number of hydrogen-bond acceptors (Lipinski definition) is 3. The first-order valence-electron chi connectivity index (χ1n) is 5.04. The molecule has 0 atom stereocenters.